The van der Waals surface area contributed by atoms with E-state index < -0.39 is 11.4 Å². The highest BCUT2D eigenvalue weighted by Gasteiger charge is 2.39. The molecule has 4 N–H and O–H groups in total. The number of benzene rings is 1. The van der Waals surface area contributed by atoms with E-state index in [9.17, 15) is 9.59 Å². The number of hydrogen-bond donors (Lipinski definition) is 2. The molecule has 1 unspecified atom stereocenters. The molecule has 6 nitrogen and oxygen atoms in total. The van der Waals surface area contributed by atoms with Crippen LogP contribution in [0.3, 0.4) is 0 Å². The van der Waals surface area contributed by atoms with Crippen LogP contribution in [0.1, 0.15) is 29.3 Å². The maximum atomic E-state index is 11.8. The first-order valence-electron chi connectivity index (χ1n) is 6.82. The number of primary amides is 1. The van der Waals surface area contributed by atoms with E-state index in [2.05, 4.69) is 0 Å². The van der Waals surface area contributed by atoms with Crippen molar-refractivity contribution in [3.8, 4) is 0 Å². The summed E-state index contributed by atoms with van der Waals surface area (Å²) < 4.78 is 4.76. The number of carbonyl (C=O) groups excluding carboxylic acids is 2. The van der Waals surface area contributed by atoms with Crippen LogP contribution in [-0.4, -0.2) is 32.1 Å². The Hall–Kier alpha value is -2.24. The van der Waals surface area contributed by atoms with E-state index in [-0.39, 0.29) is 5.91 Å². The van der Waals surface area contributed by atoms with Gasteiger partial charge in [-0.3, -0.25) is 4.79 Å². The number of carbonyl (C=O) groups is 2. The van der Waals surface area contributed by atoms with Crippen molar-refractivity contribution < 1.29 is 14.3 Å². The molecule has 114 valence electrons. The monoisotopic (exact) mass is 291 g/mol. The lowest BCUT2D eigenvalue weighted by atomic mass is 9.89. The van der Waals surface area contributed by atoms with Gasteiger partial charge in [-0.25, -0.2) is 4.79 Å². The standard InChI is InChI=1S/C15H21N3O3/c1-9-6-10(7-11(12(9)16)13(19)21-3)18-5-4-15(2,8-18)14(17)20/h6-7H,4-5,8,16H2,1-3H3,(H2,17,20). The Morgan fingerprint density at radius 3 is 2.57 bits per heavy atom. The van der Waals surface area contributed by atoms with E-state index in [0.29, 0.717) is 30.8 Å². The van der Waals surface area contributed by atoms with Gasteiger partial charge in [0.2, 0.25) is 5.91 Å². The molecule has 1 fully saturated rings. The quantitative estimate of drug-likeness (QED) is 0.641. The van der Waals surface area contributed by atoms with Gasteiger partial charge in [-0.1, -0.05) is 0 Å². The maximum absolute atomic E-state index is 11.8. The van der Waals surface area contributed by atoms with Crippen LogP contribution in [0.15, 0.2) is 12.1 Å². The molecule has 0 aromatic heterocycles. The topological polar surface area (TPSA) is 98.6 Å². The third-order valence-corrected chi connectivity index (χ3v) is 4.21. The van der Waals surface area contributed by atoms with Crippen molar-refractivity contribution in [3.05, 3.63) is 23.3 Å². The largest absolute Gasteiger partial charge is 0.465 e. The van der Waals surface area contributed by atoms with E-state index in [1.807, 2.05) is 24.8 Å². The minimum Gasteiger partial charge on any atom is -0.465 e. The van der Waals surface area contributed by atoms with Crippen LogP contribution < -0.4 is 16.4 Å². The zero-order chi connectivity index (χ0) is 15.8. The number of nitrogens with zero attached hydrogens (tertiary/aromatic N) is 1. The summed E-state index contributed by atoms with van der Waals surface area (Å²) in [6.07, 6.45) is 0.694. The van der Waals surface area contributed by atoms with Crippen LogP contribution in [0.5, 0.6) is 0 Å². The summed E-state index contributed by atoms with van der Waals surface area (Å²) in [6.45, 7) is 4.95. The Morgan fingerprint density at radius 1 is 1.38 bits per heavy atom. The van der Waals surface area contributed by atoms with E-state index in [1.54, 1.807) is 6.07 Å². The predicted molar refractivity (Wildman–Crippen MR) is 81.1 cm³/mol. The fraction of sp³-hybridized carbons (Fsp3) is 0.467. The molecule has 1 atom stereocenters. The number of nitrogen functional groups attached to an aromatic ring is 1. The molecule has 1 aromatic rings. The number of ether oxygens (including phenoxy) is 1. The van der Waals surface area contributed by atoms with Crippen molar-refractivity contribution in [2.45, 2.75) is 20.3 Å². The second-order valence-electron chi connectivity index (χ2n) is 5.81. The second-order valence-corrected chi connectivity index (χ2v) is 5.81. The average molecular weight is 291 g/mol. The predicted octanol–water partition coefficient (Wildman–Crippen LogP) is 1.07. The van der Waals surface area contributed by atoms with Crippen LogP contribution >= 0.6 is 0 Å². The molecule has 1 amide bonds. The first-order chi connectivity index (χ1) is 9.78. The highest BCUT2D eigenvalue weighted by molar-refractivity contribution is 5.97. The van der Waals surface area contributed by atoms with Gasteiger partial charge in [0.25, 0.3) is 0 Å². The molecule has 1 aliphatic heterocycles. The molecule has 1 aromatic carbocycles. The molecule has 0 aliphatic carbocycles. The van der Waals surface area contributed by atoms with Crippen molar-refractivity contribution in [3.63, 3.8) is 0 Å². The van der Waals surface area contributed by atoms with Crippen molar-refractivity contribution in [2.75, 3.05) is 30.8 Å². The Bertz CT molecular complexity index is 600. The zero-order valence-corrected chi connectivity index (χ0v) is 12.6. The van der Waals surface area contributed by atoms with Crippen molar-refractivity contribution in [1.82, 2.24) is 0 Å². The number of amides is 1. The number of nitrogens with two attached hydrogens (primary N) is 2. The third-order valence-electron chi connectivity index (χ3n) is 4.21. The molecule has 1 aliphatic rings. The van der Waals surface area contributed by atoms with Gasteiger partial charge in [0.05, 0.1) is 18.1 Å². The zero-order valence-electron chi connectivity index (χ0n) is 12.6. The molecule has 6 heteroatoms. The minimum atomic E-state index is -0.541. The summed E-state index contributed by atoms with van der Waals surface area (Å²) in [4.78, 5) is 25.4. The summed E-state index contributed by atoms with van der Waals surface area (Å²) in [5, 5.41) is 0. The Kier molecular flexibility index (Phi) is 3.80. The number of esters is 1. The average Bonchev–Trinajstić information content (AvgIpc) is 2.85. The lowest BCUT2D eigenvalue weighted by Crippen LogP contribution is -2.37. The van der Waals surface area contributed by atoms with Gasteiger partial charge >= 0.3 is 5.97 Å². The smallest absolute Gasteiger partial charge is 0.340 e. The fourth-order valence-corrected chi connectivity index (χ4v) is 2.62. The first-order valence-corrected chi connectivity index (χ1v) is 6.82. The second kappa shape index (κ2) is 5.27. The number of methoxy groups -OCH3 is 1. The van der Waals surface area contributed by atoms with Crippen molar-refractivity contribution in [2.24, 2.45) is 11.1 Å². The summed E-state index contributed by atoms with van der Waals surface area (Å²) in [6, 6.07) is 3.62. The Balaban J connectivity index is 2.36. The molecule has 21 heavy (non-hydrogen) atoms. The van der Waals surface area contributed by atoms with Gasteiger partial charge in [-0.05, 0) is 38.0 Å². The lowest BCUT2D eigenvalue weighted by Gasteiger charge is -2.23. The van der Waals surface area contributed by atoms with Crippen LogP contribution in [-0.2, 0) is 9.53 Å². The molecule has 2 rings (SSSR count). The third kappa shape index (κ3) is 2.66. The van der Waals surface area contributed by atoms with Gasteiger partial charge in [-0.2, -0.15) is 0 Å². The first kappa shape index (κ1) is 15.2. The summed E-state index contributed by atoms with van der Waals surface area (Å²) in [5.74, 6) is -0.764. The maximum Gasteiger partial charge on any atom is 0.340 e. The number of aryl methyl sites for hydroxylation is 1. The van der Waals surface area contributed by atoms with Crippen LogP contribution in [0, 0.1) is 12.3 Å². The SMILES string of the molecule is COC(=O)c1cc(N2CCC(C)(C(N)=O)C2)cc(C)c1N. The Morgan fingerprint density at radius 2 is 2.05 bits per heavy atom. The van der Waals surface area contributed by atoms with Crippen molar-refractivity contribution >= 4 is 23.3 Å². The normalized spacial score (nSPS) is 21.4. The van der Waals surface area contributed by atoms with E-state index in [4.69, 9.17) is 16.2 Å². The molecule has 0 saturated carbocycles. The lowest BCUT2D eigenvalue weighted by molar-refractivity contribution is -0.125. The molecular formula is C15H21N3O3. The van der Waals surface area contributed by atoms with Gasteiger partial charge in [-0.15, -0.1) is 0 Å². The van der Waals surface area contributed by atoms with Crippen molar-refractivity contribution in [1.29, 1.82) is 0 Å². The molecule has 1 saturated heterocycles. The number of anilines is 2. The van der Waals surface area contributed by atoms with Crippen LogP contribution in [0.4, 0.5) is 11.4 Å². The van der Waals surface area contributed by atoms with E-state index in [0.717, 1.165) is 11.3 Å². The van der Waals surface area contributed by atoms with E-state index >= 15 is 0 Å². The van der Waals surface area contributed by atoms with Gasteiger partial charge in [0.15, 0.2) is 0 Å². The molecule has 1 heterocycles. The van der Waals surface area contributed by atoms with Gasteiger partial charge in [0, 0.05) is 24.5 Å². The molecule has 0 spiro atoms. The Labute approximate surface area is 124 Å². The molecular weight excluding hydrogens is 270 g/mol. The van der Waals surface area contributed by atoms with Crippen LogP contribution in [0.25, 0.3) is 0 Å². The number of hydrogen-bond acceptors (Lipinski definition) is 5. The van der Waals surface area contributed by atoms with Crippen LogP contribution in [0.2, 0.25) is 0 Å². The summed E-state index contributed by atoms with van der Waals surface area (Å²) in [5.41, 5.74) is 13.3. The highest BCUT2D eigenvalue weighted by Crippen LogP contribution is 2.35. The van der Waals surface area contributed by atoms with Gasteiger partial charge < -0.3 is 21.1 Å². The summed E-state index contributed by atoms with van der Waals surface area (Å²) >= 11 is 0. The molecule has 0 bridgehead atoms. The number of rotatable bonds is 3. The summed E-state index contributed by atoms with van der Waals surface area (Å²) in [7, 11) is 1.32. The highest BCUT2D eigenvalue weighted by atomic mass is 16.5. The van der Waals surface area contributed by atoms with E-state index in [1.165, 1.54) is 7.11 Å². The molecule has 0 radical (unpaired) electrons. The minimum absolute atomic E-state index is 0.301. The fourth-order valence-electron chi connectivity index (χ4n) is 2.62. The van der Waals surface area contributed by atoms with Gasteiger partial charge in [0.1, 0.15) is 0 Å².